The summed E-state index contributed by atoms with van der Waals surface area (Å²) in [5.41, 5.74) is -2.18. The quantitative estimate of drug-likeness (QED) is 0.393. The number of nitrogens with zero attached hydrogens (tertiary/aromatic N) is 2. The van der Waals surface area contributed by atoms with E-state index in [1.165, 1.54) is 17.0 Å². The van der Waals surface area contributed by atoms with E-state index in [-0.39, 0.29) is 41.3 Å². The molecule has 0 spiro atoms. The van der Waals surface area contributed by atoms with Crippen molar-refractivity contribution in [3.63, 3.8) is 0 Å². The van der Waals surface area contributed by atoms with E-state index in [0.29, 0.717) is 0 Å². The molecular formula is C24H24F6N2O3. The molecule has 1 unspecified atom stereocenters. The molecule has 1 N–H and O–H groups in total. The fraction of sp³-hybridized carbons (Fsp3) is 0.458. The number of rotatable bonds is 1. The van der Waals surface area contributed by atoms with Crippen LogP contribution in [0.15, 0.2) is 36.4 Å². The molecule has 0 aliphatic carbocycles. The molecule has 2 atom stereocenters. The highest BCUT2D eigenvalue weighted by Crippen LogP contribution is 2.41. The van der Waals surface area contributed by atoms with Crippen LogP contribution in [0.1, 0.15) is 44.4 Å². The minimum Gasteiger partial charge on any atom is -0.444 e. The van der Waals surface area contributed by atoms with Crippen LogP contribution in [-0.2, 0) is 17.1 Å². The molecule has 0 bridgehead atoms. The maximum Gasteiger partial charge on any atom is 0.416 e. The lowest BCUT2D eigenvalue weighted by molar-refractivity contribution is -0.138. The van der Waals surface area contributed by atoms with E-state index in [2.05, 4.69) is 0 Å². The van der Waals surface area contributed by atoms with E-state index in [1.54, 1.807) is 25.3 Å². The number of β-amino-alcohol motifs (C(OH)–C–C–N with tert-alkyl or cyclic N) is 1. The van der Waals surface area contributed by atoms with Gasteiger partial charge in [0.1, 0.15) is 5.60 Å². The number of halogens is 6. The Morgan fingerprint density at radius 1 is 0.914 bits per heavy atom. The average molecular weight is 502 g/mol. The minimum absolute atomic E-state index is 0.00250. The van der Waals surface area contributed by atoms with Crippen LogP contribution in [0.2, 0.25) is 0 Å². The van der Waals surface area contributed by atoms with Gasteiger partial charge in [-0.25, -0.2) is 4.79 Å². The van der Waals surface area contributed by atoms with Gasteiger partial charge in [0.15, 0.2) is 0 Å². The van der Waals surface area contributed by atoms with Crippen LogP contribution in [0.5, 0.6) is 0 Å². The zero-order valence-electron chi connectivity index (χ0n) is 19.2. The summed E-state index contributed by atoms with van der Waals surface area (Å²) in [7, 11) is 0. The minimum atomic E-state index is -4.68. The zero-order chi connectivity index (χ0) is 25.9. The van der Waals surface area contributed by atoms with Crippen molar-refractivity contribution in [2.75, 3.05) is 13.1 Å². The third-order valence-corrected chi connectivity index (χ3v) is 5.99. The first kappa shape index (κ1) is 25.2. The Balaban J connectivity index is 1.80. The second-order valence-corrected chi connectivity index (χ2v) is 9.68. The zero-order valence-corrected chi connectivity index (χ0v) is 19.2. The van der Waals surface area contributed by atoms with Gasteiger partial charge in [0.2, 0.25) is 0 Å². The fourth-order valence-corrected chi connectivity index (χ4v) is 4.48. The first-order valence-electron chi connectivity index (χ1n) is 10.9. The van der Waals surface area contributed by atoms with Crippen molar-refractivity contribution < 1.29 is 41.0 Å². The number of hydrogen-bond donors (Lipinski definition) is 1. The predicted molar refractivity (Wildman–Crippen MR) is 117 cm³/mol. The standard InChI is InChI=1S/C24H24F6N2O3/c1-22(2,3)35-21(34)31-9-8-19(20(33)12-31)32-17-6-4-13(23(25,26)27)10-15(17)16-11-14(24(28,29)30)5-7-18(16)32/h4-7,10-11,19-20,33H,8-9,12H2,1-3H3/t19?,20-/m1/s1. The highest BCUT2D eigenvalue weighted by molar-refractivity contribution is 6.08. The lowest BCUT2D eigenvalue weighted by Crippen LogP contribution is -2.48. The van der Waals surface area contributed by atoms with Crippen LogP contribution in [-0.4, -0.2) is 45.5 Å². The average Bonchev–Trinajstić information content (AvgIpc) is 3.04. The molecule has 2 aromatic carbocycles. The molecule has 1 aliphatic rings. The van der Waals surface area contributed by atoms with Gasteiger partial charge >= 0.3 is 18.4 Å². The van der Waals surface area contributed by atoms with Gasteiger partial charge < -0.3 is 19.3 Å². The molecule has 3 aromatic rings. The van der Waals surface area contributed by atoms with Crippen LogP contribution in [0.4, 0.5) is 31.1 Å². The normalized spacial score (nSPS) is 20.0. The number of carbonyl (C=O) groups excluding carboxylic acids is 1. The van der Waals surface area contributed by atoms with Gasteiger partial charge in [-0.3, -0.25) is 0 Å². The molecule has 1 saturated heterocycles. The van der Waals surface area contributed by atoms with E-state index >= 15 is 0 Å². The number of alkyl halides is 6. The molecule has 4 rings (SSSR count). The number of amides is 1. The topological polar surface area (TPSA) is 54.7 Å². The second kappa shape index (κ2) is 8.32. The molecule has 2 heterocycles. The van der Waals surface area contributed by atoms with Crippen LogP contribution >= 0.6 is 0 Å². The number of aliphatic hydroxyl groups is 1. The number of aromatic nitrogens is 1. The molecule has 190 valence electrons. The SMILES string of the molecule is CC(C)(C)OC(=O)N1CCC(n2c3ccc(C(F)(F)F)cc3c3cc(C(F)(F)F)ccc32)[C@H](O)C1. The summed E-state index contributed by atoms with van der Waals surface area (Å²) < 4.78 is 87.1. The second-order valence-electron chi connectivity index (χ2n) is 9.68. The maximum absolute atomic E-state index is 13.4. The molecule has 1 fully saturated rings. The molecule has 1 amide bonds. The van der Waals surface area contributed by atoms with Crippen molar-refractivity contribution in [2.24, 2.45) is 0 Å². The van der Waals surface area contributed by atoms with E-state index in [9.17, 15) is 36.2 Å². The third kappa shape index (κ3) is 4.91. The highest BCUT2D eigenvalue weighted by Gasteiger charge is 2.37. The first-order valence-corrected chi connectivity index (χ1v) is 10.9. The van der Waals surface area contributed by atoms with Gasteiger partial charge in [-0.2, -0.15) is 26.3 Å². The summed E-state index contributed by atoms with van der Waals surface area (Å²) in [6, 6.07) is 5.13. The summed E-state index contributed by atoms with van der Waals surface area (Å²) in [4.78, 5) is 13.7. The molecule has 0 radical (unpaired) electrons. The summed E-state index contributed by atoms with van der Waals surface area (Å²) in [5, 5.41) is 10.9. The Labute approximate surface area is 196 Å². The van der Waals surface area contributed by atoms with E-state index in [1.807, 2.05) is 0 Å². The lowest BCUT2D eigenvalue weighted by Gasteiger charge is -2.37. The smallest absolute Gasteiger partial charge is 0.416 e. The van der Waals surface area contributed by atoms with Gasteiger partial charge in [0.25, 0.3) is 0 Å². The number of piperidine rings is 1. The highest BCUT2D eigenvalue weighted by atomic mass is 19.4. The maximum atomic E-state index is 13.4. The Morgan fingerprint density at radius 2 is 1.40 bits per heavy atom. The predicted octanol–water partition coefficient (Wildman–Crippen LogP) is 6.37. The Hall–Kier alpha value is -2.95. The van der Waals surface area contributed by atoms with Crippen molar-refractivity contribution in [2.45, 2.75) is 57.3 Å². The van der Waals surface area contributed by atoms with Crippen molar-refractivity contribution in [3.8, 4) is 0 Å². The number of carbonyl (C=O) groups is 1. The monoisotopic (exact) mass is 502 g/mol. The van der Waals surface area contributed by atoms with E-state index < -0.39 is 47.3 Å². The third-order valence-electron chi connectivity index (χ3n) is 5.99. The molecule has 35 heavy (non-hydrogen) atoms. The van der Waals surface area contributed by atoms with Gasteiger partial charge in [-0.05, 0) is 63.6 Å². The number of hydrogen-bond acceptors (Lipinski definition) is 3. The van der Waals surface area contributed by atoms with Crippen LogP contribution in [0.25, 0.3) is 21.8 Å². The van der Waals surface area contributed by atoms with E-state index in [0.717, 1.165) is 24.3 Å². The largest absolute Gasteiger partial charge is 0.444 e. The van der Waals surface area contributed by atoms with Crippen molar-refractivity contribution >= 4 is 27.9 Å². The fourth-order valence-electron chi connectivity index (χ4n) is 4.48. The summed E-state index contributed by atoms with van der Waals surface area (Å²) in [6.45, 7) is 5.21. The summed E-state index contributed by atoms with van der Waals surface area (Å²) in [5.74, 6) is 0. The Bertz CT molecular complexity index is 1200. The number of likely N-dealkylation sites (tertiary alicyclic amines) is 1. The van der Waals surface area contributed by atoms with E-state index in [4.69, 9.17) is 4.74 Å². The number of aliphatic hydroxyl groups excluding tert-OH is 1. The van der Waals surface area contributed by atoms with Crippen LogP contribution in [0, 0.1) is 0 Å². The molecule has 5 nitrogen and oxygen atoms in total. The molecule has 0 saturated carbocycles. The number of benzene rings is 2. The van der Waals surface area contributed by atoms with Crippen molar-refractivity contribution in [3.05, 3.63) is 47.5 Å². The van der Waals surface area contributed by atoms with Crippen LogP contribution < -0.4 is 0 Å². The van der Waals surface area contributed by atoms with Gasteiger partial charge in [0.05, 0.1) is 29.8 Å². The van der Waals surface area contributed by atoms with Gasteiger partial charge in [-0.15, -0.1) is 0 Å². The molecule has 11 heteroatoms. The van der Waals surface area contributed by atoms with Crippen molar-refractivity contribution in [1.29, 1.82) is 0 Å². The Morgan fingerprint density at radius 3 is 1.80 bits per heavy atom. The number of ether oxygens (including phenoxy) is 1. The van der Waals surface area contributed by atoms with Crippen molar-refractivity contribution in [1.82, 2.24) is 9.47 Å². The lowest BCUT2D eigenvalue weighted by atomic mass is 10.0. The summed E-state index contributed by atoms with van der Waals surface area (Å²) >= 11 is 0. The molecular weight excluding hydrogens is 478 g/mol. The van der Waals surface area contributed by atoms with Gasteiger partial charge in [-0.1, -0.05) is 0 Å². The van der Waals surface area contributed by atoms with Crippen LogP contribution in [0.3, 0.4) is 0 Å². The Kier molecular flexibility index (Phi) is 5.98. The summed E-state index contributed by atoms with van der Waals surface area (Å²) in [6.07, 6.45) is -10.9. The first-order chi connectivity index (χ1) is 16.1. The molecule has 1 aromatic heterocycles. The number of fused-ring (bicyclic) bond motifs is 3. The van der Waals surface area contributed by atoms with Gasteiger partial charge in [0, 0.05) is 28.4 Å². The molecule has 1 aliphatic heterocycles.